The van der Waals surface area contributed by atoms with E-state index in [1.807, 2.05) is 0 Å². The van der Waals surface area contributed by atoms with Gasteiger partial charge in [-0.05, 0) is 6.07 Å². The minimum absolute atomic E-state index is 0.218. The minimum atomic E-state index is -0.263. The van der Waals surface area contributed by atoms with Crippen molar-refractivity contribution < 1.29 is 4.79 Å². The number of carbonyl (C=O) groups is 1. The molecule has 94 valence electrons. The number of nitrogens with zero attached hydrogens (tertiary/aromatic N) is 4. The lowest BCUT2D eigenvalue weighted by atomic mass is 10.2. The predicted molar refractivity (Wildman–Crippen MR) is 66.4 cm³/mol. The summed E-state index contributed by atoms with van der Waals surface area (Å²) < 4.78 is 0. The van der Waals surface area contributed by atoms with Crippen LogP contribution < -0.4 is 0 Å². The first-order valence-electron chi connectivity index (χ1n) is 4.98. The highest BCUT2D eigenvalue weighted by Crippen LogP contribution is 2.19. The number of pyridine rings is 1. The monoisotopic (exact) mass is 285 g/mol. The summed E-state index contributed by atoms with van der Waals surface area (Å²) in [6.45, 7) is 0.301. The van der Waals surface area contributed by atoms with Crippen LogP contribution in [-0.4, -0.2) is 38.0 Å². The zero-order chi connectivity index (χ0) is 13.1. The molecule has 2 heterocycles. The van der Waals surface area contributed by atoms with E-state index in [1.54, 1.807) is 7.05 Å². The van der Waals surface area contributed by atoms with Crippen LogP contribution in [0.15, 0.2) is 18.6 Å². The summed E-state index contributed by atoms with van der Waals surface area (Å²) in [6, 6.07) is 1.43. The largest absolute Gasteiger partial charge is 0.334 e. The topological polar surface area (TPSA) is 74.8 Å². The molecule has 0 aliphatic rings. The minimum Gasteiger partial charge on any atom is -0.334 e. The van der Waals surface area contributed by atoms with Gasteiger partial charge in [-0.1, -0.05) is 23.2 Å². The molecule has 0 radical (unpaired) electrons. The van der Waals surface area contributed by atoms with E-state index in [4.69, 9.17) is 23.2 Å². The van der Waals surface area contributed by atoms with Crippen LogP contribution >= 0.6 is 23.2 Å². The summed E-state index contributed by atoms with van der Waals surface area (Å²) in [7, 11) is 1.63. The summed E-state index contributed by atoms with van der Waals surface area (Å²) in [5.41, 5.74) is 0.304. The van der Waals surface area contributed by atoms with Crippen molar-refractivity contribution in [2.24, 2.45) is 0 Å². The van der Waals surface area contributed by atoms with Crippen molar-refractivity contribution >= 4 is 29.1 Å². The highest BCUT2D eigenvalue weighted by molar-refractivity contribution is 6.35. The fourth-order valence-electron chi connectivity index (χ4n) is 1.39. The molecule has 0 saturated carbocycles. The number of aromatic nitrogens is 4. The number of hydrogen-bond acceptors (Lipinski definition) is 4. The third-order valence-corrected chi connectivity index (χ3v) is 2.76. The first-order chi connectivity index (χ1) is 8.58. The van der Waals surface area contributed by atoms with Crippen LogP contribution in [-0.2, 0) is 6.54 Å². The average molecular weight is 286 g/mol. The Morgan fingerprint density at radius 3 is 2.89 bits per heavy atom. The van der Waals surface area contributed by atoms with E-state index in [9.17, 15) is 4.79 Å². The van der Waals surface area contributed by atoms with Crippen molar-refractivity contribution in [1.82, 2.24) is 25.1 Å². The highest BCUT2D eigenvalue weighted by atomic mass is 35.5. The molecule has 2 rings (SSSR count). The van der Waals surface area contributed by atoms with E-state index in [0.29, 0.717) is 17.9 Å². The van der Waals surface area contributed by atoms with Gasteiger partial charge < -0.3 is 4.90 Å². The molecule has 2 aromatic rings. The Balaban J connectivity index is 2.17. The Hall–Kier alpha value is -1.66. The van der Waals surface area contributed by atoms with Gasteiger partial charge in [0.2, 0.25) is 0 Å². The van der Waals surface area contributed by atoms with E-state index in [-0.39, 0.29) is 16.1 Å². The summed E-state index contributed by atoms with van der Waals surface area (Å²) in [6.07, 6.45) is 2.73. The van der Waals surface area contributed by atoms with Gasteiger partial charge in [-0.2, -0.15) is 5.10 Å². The number of carbonyl (C=O) groups excluding carboxylic acids is 1. The molecule has 0 saturated heterocycles. The predicted octanol–water partition coefficient (Wildman–Crippen LogP) is 1.78. The van der Waals surface area contributed by atoms with Crippen LogP contribution in [0.1, 0.15) is 16.2 Å². The molecule has 18 heavy (non-hydrogen) atoms. The maximum absolute atomic E-state index is 12.1. The molecule has 0 bridgehead atoms. The van der Waals surface area contributed by atoms with Crippen LogP contribution in [0, 0.1) is 0 Å². The first kappa shape index (κ1) is 12.8. The average Bonchev–Trinajstić information content (AvgIpc) is 2.84. The second-order valence-corrected chi connectivity index (χ2v) is 4.37. The molecule has 0 aromatic carbocycles. The van der Waals surface area contributed by atoms with Crippen LogP contribution in [0.2, 0.25) is 10.2 Å². The maximum atomic E-state index is 12.1. The summed E-state index contributed by atoms with van der Waals surface area (Å²) >= 11 is 11.7. The van der Waals surface area contributed by atoms with Crippen LogP contribution in [0.25, 0.3) is 0 Å². The van der Waals surface area contributed by atoms with Crippen LogP contribution in [0.5, 0.6) is 0 Å². The Labute approximate surface area is 113 Å². The molecule has 1 amide bonds. The number of aromatic amines is 1. The number of halogens is 2. The normalized spacial score (nSPS) is 10.4. The van der Waals surface area contributed by atoms with Gasteiger partial charge in [0.05, 0.1) is 17.1 Å². The smallest absolute Gasteiger partial charge is 0.255 e. The molecule has 0 aliphatic carbocycles. The second kappa shape index (κ2) is 5.32. The van der Waals surface area contributed by atoms with Crippen molar-refractivity contribution in [2.45, 2.75) is 6.54 Å². The lowest BCUT2D eigenvalue weighted by Gasteiger charge is -2.16. The standard InChI is InChI=1S/C10H9Cl2N5O/c1-17(4-9-14-5-15-16-9)10(18)6-2-8(12)13-3-7(6)11/h2-3,5H,4H2,1H3,(H,14,15,16). The van der Waals surface area contributed by atoms with Crippen molar-refractivity contribution in [3.63, 3.8) is 0 Å². The summed E-state index contributed by atoms with van der Waals surface area (Å²) in [4.78, 5) is 21.3. The number of amides is 1. The molecular formula is C10H9Cl2N5O. The lowest BCUT2D eigenvalue weighted by Crippen LogP contribution is -2.27. The SMILES string of the molecule is CN(Cc1ncn[nH]1)C(=O)c1cc(Cl)ncc1Cl. The molecule has 2 aromatic heterocycles. The quantitative estimate of drug-likeness (QED) is 0.873. The third-order valence-electron chi connectivity index (χ3n) is 2.25. The summed E-state index contributed by atoms with van der Waals surface area (Å²) in [5, 5.41) is 6.86. The van der Waals surface area contributed by atoms with Crippen molar-refractivity contribution in [3.8, 4) is 0 Å². The van der Waals surface area contributed by atoms with Gasteiger partial charge in [-0.3, -0.25) is 9.89 Å². The molecule has 1 N–H and O–H groups in total. The van der Waals surface area contributed by atoms with Crippen molar-refractivity contribution in [3.05, 3.63) is 40.2 Å². The Morgan fingerprint density at radius 1 is 1.44 bits per heavy atom. The highest BCUT2D eigenvalue weighted by Gasteiger charge is 2.17. The van der Waals surface area contributed by atoms with E-state index in [1.165, 1.54) is 23.5 Å². The van der Waals surface area contributed by atoms with Gasteiger partial charge in [0.15, 0.2) is 0 Å². The van der Waals surface area contributed by atoms with E-state index >= 15 is 0 Å². The van der Waals surface area contributed by atoms with Crippen molar-refractivity contribution in [2.75, 3.05) is 7.05 Å². The zero-order valence-corrected chi connectivity index (χ0v) is 10.9. The van der Waals surface area contributed by atoms with Gasteiger partial charge in [0.1, 0.15) is 17.3 Å². The molecule has 0 fully saturated rings. The Morgan fingerprint density at radius 2 is 2.22 bits per heavy atom. The van der Waals surface area contributed by atoms with E-state index in [0.717, 1.165) is 0 Å². The number of rotatable bonds is 3. The fraction of sp³-hybridized carbons (Fsp3) is 0.200. The van der Waals surface area contributed by atoms with Crippen LogP contribution in [0.4, 0.5) is 0 Å². The molecular weight excluding hydrogens is 277 g/mol. The van der Waals surface area contributed by atoms with Gasteiger partial charge in [0.25, 0.3) is 5.91 Å². The summed E-state index contributed by atoms with van der Waals surface area (Å²) in [5.74, 6) is 0.322. The maximum Gasteiger partial charge on any atom is 0.255 e. The van der Waals surface area contributed by atoms with Crippen LogP contribution in [0.3, 0.4) is 0 Å². The van der Waals surface area contributed by atoms with E-state index in [2.05, 4.69) is 20.2 Å². The first-order valence-corrected chi connectivity index (χ1v) is 5.74. The molecule has 0 aliphatic heterocycles. The molecule has 0 atom stereocenters. The molecule has 0 spiro atoms. The zero-order valence-electron chi connectivity index (χ0n) is 9.39. The van der Waals surface area contributed by atoms with Crippen molar-refractivity contribution in [1.29, 1.82) is 0 Å². The number of nitrogens with one attached hydrogen (secondary N) is 1. The van der Waals surface area contributed by atoms with Gasteiger partial charge in [-0.15, -0.1) is 0 Å². The fourth-order valence-corrected chi connectivity index (χ4v) is 1.73. The molecule has 8 heteroatoms. The number of hydrogen-bond donors (Lipinski definition) is 1. The van der Waals surface area contributed by atoms with Gasteiger partial charge >= 0.3 is 0 Å². The number of H-pyrrole nitrogens is 1. The van der Waals surface area contributed by atoms with Gasteiger partial charge in [0, 0.05) is 13.2 Å². The third kappa shape index (κ3) is 2.77. The van der Waals surface area contributed by atoms with E-state index < -0.39 is 0 Å². The second-order valence-electron chi connectivity index (χ2n) is 3.58. The Bertz CT molecular complexity index is 557. The Kier molecular flexibility index (Phi) is 3.78. The lowest BCUT2D eigenvalue weighted by molar-refractivity contribution is 0.0781. The molecule has 0 unspecified atom stereocenters. The molecule has 6 nitrogen and oxygen atoms in total. The van der Waals surface area contributed by atoms with Gasteiger partial charge in [-0.25, -0.2) is 9.97 Å².